The monoisotopic (exact) mass is 447 g/mol. The number of ether oxygens (including phenoxy) is 4. The van der Waals surface area contributed by atoms with Crippen LogP contribution in [0.25, 0.3) is 0 Å². The van der Waals surface area contributed by atoms with Gasteiger partial charge in [-0.2, -0.15) is 0 Å². The molecule has 166 valence electrons. The third kappa shape index (κ3) is 5.41. The van der Waals surface area contributed by atoms with E-state index in [9.17, 15) is 9.59 Å². The molecule has 2 aliphatic heterocycles. The van der Waals surface area contributed by atoms with E-state index >= 15 is 0 Å². The second kappa shape index (κ2) is 10.4. The van der Waals surface area contributed by atoms with E-state index in [1.54, 1.807) is 17.0 Å². The van der Waals surface area contributed by atoms with Gasteiger partial charge < -0.3 is 23.8 Å². The van der Waals surface area contributed by atoms with E-state index in [1.807, 2.05) is 44.2 Å². The summed E-state index contributed by atoms with van der Waals surface area (Å²) in [5.74, 6) is 0.599. The lowest BCUT2D eigenvalue weighted by atomic mass is 10.1. The highest BCUT2D eigenvalue weighted by Crippen LogP contribution is 2.33. The lowest BCUT2D eigenvalue weighted by Crippen LogP contribution is -2.37. The quantitative estimate of drug-likeness (QED) is 0.632. The Morgan fingerprint density at radius 3 is 2.71 bits per heavy atom. The average Bonchev–Trinajstić information content (AvgIpc) is 3.18. The number of carbonyl (C=O) groups excluding carboxylic acids is 2. The van der Waals surface area contributed by atoms with Crippen LogP contribution in [-0.2, 0) is 20.7 Å². The summed E-state index contributed by atoms with van der Waals surface area (Å²) in [6, 6.07) is 12.8. The van der Waals surface area contributed by atoms with Crippen LogP contribution in [0.2, 0.25) is 5.02 Å². The van der Waals surface area contributed by atoms with Gasteiger partial charge in [0.25, 0.3) is 0 Å². The van der Waals surface area contributed by atoms with E-state index in [4.69, 9.17) is 25.8 Å². The number of benzene rings is 2. The first-order valence-corrected chi connectivity index (χ1v) is 10.6. The topological polar surface area (TPSA) is 74.3 Å². The van der Waals surface area contributed by atoms with Crippen LogP contribution in [0.4, 0.5) is 4.79 Å². The maximum atomic E-state index is 12.2. The van der Waals surface area contributed by atoms with Crippen molar-refractivity contribution in [2.75, 3.05) is 26.8 Å². The van der Waals surface area contributed by atoms with Crippen LogP contribution in [0.1, 0.15) is 31.1 Å². The number of fused-ring (bicyclic) bond motifs is 1. The number of halogens is 1. The molecule has 0 spiro atoms. The highest BCUT2D eigenvalue weighted by atomic mass is 35.5. The average molecular weight is 448 g/mol. The summed E-state index contributed by atoms with van der Waals surface area (Å²) in [6.45, 7) is 5.09. The zero-order valence-corrected chi connectivity index (χ0v) is 18.6. The summed E-state index contributed by atoms with van der Waals surface area (Å²) in [4.78, 5) is 25.5. The molecule has 0 bridgehead atoms. The van der Waals surface area contributed by atoms with Crippen LogP contribution in [0, 0.1) is 0 Å². The molecule has 0 aromatic heterocycles. The van der Waals surface area contributed by atoms with E-state index in [0.717, 1.165) is 11.1 Å². The molecule has 2 atom stereocenters. The van der Waals surface area contributed by atoms with E-state index < -0.39 is 12.1 Å². The van der Waals surface area contributed by atoms with E-state index in [0.29, 0.717) is 36.0 Å². The zero-order valence-electron chi connectivity index (χ0n) is 17.8. The summed E-state index contributed by atoms with van der Waals surface area (Å²) >= 11 is 6.03. The maximum absolute atomic E-state index is 12.2. The second-order valence-corrected chi connectivity index (χ2v) is 7.28. The van der Waals surface area contributed by atoms with Gasteiger partial charge in [0.05, 0.1) is 13.7 Å². The molecule has 0 aliphatic carbocycles. The van der Waals surface area contributed by atoms with Crippen molar-refractivity contribution < 1.29 is 28.5 Å². The van der Waals surface area contributed by atoms with Crippen LogP contribution in [-0.4, -0.2) is 49.9 Å². The molecule has 1 amide bonds. The van der Waals surface area contributed by atoms with Crippen LogP contribution < -0.4 is 9.47 Å². The molecule has 2 aromatic rings. The Labute approximate surface area is 186 Å². The Hall–Kier alpha value is -2.93. The number of carbonyl (C=O) groups is 2. The lowest BCUT2D eigenvalue weighted by Gasteiger charge is -2.25. The van der Waals surface area contributed by atoms with Crippen LogP contribution >= 0.6 is 11.6 Å². The summed E-state index contributed by atoms with van der Waals surface area (Å²) in [5, 5.41) is 0.614. The number of amides is 1. The minimum atomic E-state index is -0.763. The van der Waals surface area contributed by atoms with Crippen molar-refractivity contribution in [2.24, 2.45) is 0 Å². The van der Waals surface area contributed by atoms with Gasteiger partial charge in [-0.25, -0.2) is 9.59 Å². The standard InChI is InChI=1S/C21H20ClNO6.C2H6/c1-26-20(24)19-12-27-17-9-13(5-6-16(17)28-19)7-8-23-11-18(29-21(23)25)14-3-2-4-15(22)10-14;1-2/h2-6,9-10,18-19H,7-8,11-12H2,1H3;1-2H3/t18-,19?;/m0./s1. The molecule has 2 aliphatic rings. The summed E-state index contributed by atoms with van der Waals surface area (Å²) in [5.41, 5.74) is 1.87. The van der Waals surface area contributed by atoms with Crippen LogP contribution in [0.15, 0.2) is 42.5 Å². The van der Waals surface area contributed by atoms with Crippen molar-refractivity contribution >= 4 is 23.7 Å². The highest BCUT2D eigenvalue weighted by Gasteiger charge is 2.32. The molecular weight excluding hydrogens is 422 g/mol. The van der Waals surface area contributed by atoms with Crippen molar-refractivity contribution in [3.63, 3.8) is 0 Å². The van der Waals surface area contributed by atoms with Gasteiger partial charge in [-0.05, 0) is 41.8 Å². The summed E-state index contributed by atoms with van der Waals surface area (Å²) < 4.78 is 21.4. The predicted molar refractivity (Wildman–Crippen MR) is 116 cm³/mol. The Morgan fingerprint density at radius 2 is 1.97 bits per heavy atom. The number of hydrogen-bond acceptors (Lipinski definition) is 6. The van der Waals surface area contributed by atoms with Gasteiger partial charge in [0.15, 0.2) is 11.5 Å². The number of esters is 1. The first-order chi connectivity index (χ1) is 15.0. The SMILES string of the molecule is CC.COC(=O)C1COc2cc(CCN3C[C@@H](c4cccc(Cl)c4)OC3=O)ccc2O1. The molecule has 2 heterocycles. The van der Waals surface area contributed by atoms with Crippen molar-refractivity contribution in [1.29, 1.82) is 0 Å². The van der Waals surface area contributed by atoms with Crippen LogP contribution in [0.3, 0.4) is 0 Å². The van der Waals surface area contributed by atoms with Gasteiger partial charge >= 0.3 is 12.1 Å². The first kappa shape index (κ1) is 22.7. The fourth-order valence-corrected chi connectivity index (χ4v) is 3.55. The molecule has 1 saturated heterocycles. The smallest absolute Gasteiger partial charge is 0.410 e. The Kier molecular flexibility index (Phi) is 7.63. The molecular formula is C23H26ClNO6. The van der Waals surface area contributed by atoms with Crippen LogP contribution in [0.5, 0.6) is 11.5 Å². The Bertz CT molecular complexity index is 934. The van der Waals surface area contributed by atoms with E-state index in [1.165, 1.54) is 7.11 Å². The third-order valence-electron chi connectivity index (χ3n) is 4.91. The molecule has 0 radical (unpaired) electrons. The largest absolute Gasteiger partial charge is 0.485 e. The Balaban J connectivity index is 0.00000132. The molecule has 8 heteroatoms. The minimum Gasteiger partial charge on any atom is -0.485 e. The molecule has 1 fully saturated rings. The van der Waals surface area contributed by atoms with Gasteiger partial charge in [-0.1, -0.05) is 43.6 Å². The van der Waals surface area contributed by atoms with Crippen molar-refractivity contribution in [2.45, 2.75) is 32.5 Å². The number of rotatable bonds is 5. The fourth-order valence-electron chi connectivity index (χ4n) is 3.35. The number of hydrogen-bond donors (Lipinski definition) is 0. The third-order valence-corrected chi connectivity index (χ3v) is 5.15. The van der Waals surface area contributed by atoms with Gasteiger partial charge in [-0.3, -0.25) is 0 Å². The molecule has 0 N–H and O–H groups in total. The summed E-state index contributed by atoms with van der Waals surface area (Å²) in [6.07, 6.45) is -0.791. The normalized spacial score (nSPS) is 19.2. The fraction of sp³-hybridized carbons (Fsp3) is 0.391. The highest BCUT2D eigenvalue weighted by molar-refractivity contribution is 6.30. The number of methoxy groups -OCH3 is 1. The lowest BCUT2D eigenvalue weighted by molar-refractivity contribution is -0.151. The minimum absolute atomic E-state index is 0.100. The van der Waals surface area contributed by atoms with E-state index in [2.05, 4.69) is 4.74 Å². The molecule has 4 rings (SSSR count). The second-order valence-electron chi connectivity index (χ2n) is 6.85. The van der Waals surface area contributed by atoms with E-state index in [-0.39, 0.29) is 18.8 Å². The van der Waals surface area contributed by atoms with Crippen molar-refractivity contribution in [3.05, 3.63) is 58.6 Å². The number of cyclic esters (lactones) is 1. The molecule has 2 aromatic carbocycles. The first-order valence-electron chi connectivity index (χ1n) is 10.2. The van der Waals surface area contributed by atoms with Gasteiger partial charge in [0, 0.05) is 11.6 Å². The van der Waals surface area contributed by atoms with Crippen molar-refractivity contribution in [3.8, 4) is 11.5 Å². The Morgan fingerprint density at radius 1 is 1.16 bits per heavy atom. The maximum Gasteiger partial charge on any atom is 0.410 e. The number of nitrogens with zero attached hydrogens (tertiary/aromatic N) is 1. The summed E-state index contributed by atoms with van der Waals surface area (Å²) in [7, 11) is 1.31. The van der Waals surface area contributed by atoms with Gasteiger partial charge in [0.1, 0.15) is 12.7 Å². The van der Waals surface area contributed by atoms with Crippen molar-refractivity contribution in [1.82, 2.24) is 4.90 Å². The van der Waals surface area contributed by atoms with Gasteiger partial charge in [-0.15, -0.1) is 0 Å². The molecule has 31 heavy (non-hydrogen) atoms. The molecule has 7 nitrogen and oxygen atoms in total. The predicted octanol–water partition coefficient (Wildman–Crippen LogP) is 4.42. The molecule has 1 unspecified atom stereocenters. The van der Waals surface area contributed by atoms with Gasteiger partial charge in [0.2, 0.25) is 6.10 Å². The zero-order chi connectivity index (χ0) is 22.4. The molecule has 0 saturated carbocycles.